The Kier molecular flexibility index (Phi) is 3.22. The van der Waals surface area contributed by atoms with Gasteiger partial charge in [0.15, 0.2) is 0 Å². The second-order valence-electron chi connectivity index (χ2n) is 2.65. The number of hydrogen-bond donors (Lipinski definition) is 1. The highest BCUT2D eigenvalue weighted by Crippen LogP contribution is 2.29. The summed E-state index contributed by atoms with van der Waals surface area (Å²) in [5.41, 5.74) is -0.0858. The smallest absolute Gasteiger partial charge is 0.405 e. The van der Waals surface area contributed by atoms with Crippen molar-refractivity contribution in [1.29, 1.82) is 0 Å². The maximum Gasteiger partial charge on any atom is 0.573 e. The molecule has 0 bridgehead atoms. The molecule has 15 heavy (non-hydrogen) atoms. The van der Waals surface area contributed by atoms with Crippen molar-refractivity contribution in [1.82, 2.24) is 0 Å². The highest BCUT2D eigenvalue weighted by atomic mass is 19.4. The Morgan fingerprint density at radius 2 is 1.93 bits per heavy atom. The van der Waals surface area contributed by atoms with E-state index < -0.39 is 18.2 Å². The van der Waals surface area contributed by atoms with Crippen molar-refractivity contribution in [3.05, 3.63) is 29.8 Å². The number of benzene rings is 1. The number of terminal acetylenes is 1. The van der Waals surface area contributed by atoms with Crippen LogP contribution in [0.5, 0.6) is 5.75 Å². The molecule has 80 valence electrons. The van der Waals surface area contributed by atoms with Crippen molar-refractivity contribution in [3.8, 4) is 18.1 Å². The minimum Gasteiger partial charge on any atom is -0.405 e. The van der Waals surface area contributed by atoms with Gasteiger partial charge in [0.05, 0.1) is 0 Å². The van der Waals surface area contributed by atoms with Crippen LogP contribution >= 0.6 is 0 Å². The fourth-order valence-corrected chi connectivity index (χ4v) is 1.01. The average Bonchev–Trinajstić information content (AvgIpc) is 2.15. The van der Waals surface area contributed by atoms with Gasteiger partial charge < -0.3 is 9.84 Å². The molecular formula is C10H7F3O2. The number of aliphatic hydroxyl groups is 1. The van der Waals surface area contributed by atoms with Crippen LogP contribution in [0.3, 0.4) is 0 Å². The maximum atomic E-state index is 11.9. The molecule has 1 rings (SSSR count). The van der Waals surface area contributed by atoms with Gasteiger partial charge in [-0.15, -0.1) is 19.6 Å². The Balaban J connectivity index is 3.03. The van der Waals surface area contributed by atoms with Crippen LogP contribution in [-0.2, 0) is 0 Å². The molecule has 0 heterocycles. The van der Waals surface area contributed by atoms with Gasteiger partial charge in [0, 0.05) is 5.56 Å². The zero-order valence-corrected chi connectivity index (χ0v) is 7.45. The van der Waals surface area contributed by atoms with Gasteiger partial charge >= 0.3 is 6.36 Å². The lowest BCUT2D eigenvalue weighted by molar-refractivity contribution is -0.275. The minimum absolute atomic E-state index is 0.0858. The number of ether oxygens (including phenoxy) is 1. The molecule has 0 saturated carbocycles. The highest BCUT2D eigenvalue weighted by Gasteiger charge is 2.32. The average molecular weight is 216 g/mol. The Hall–Kier alpha value is -1.67. The van der Waals surface area contributed by atoms with Gasteiger partial charge in [0.1, 0.15) is 11.9 Å². The molecule has 1 N–H and O–H groups in total. The second kappa shape index (κ2) is 4.24. The molecule has 1 aromatic rings. The van der Waals surface area contributed by atoms with Crippen molar-refractivity contribution >= 4 is 0 Å². The summed E-state index contributed by atoms with van der Waals surface area (Å²) < 4.78 is 39.5. The van der Waals surface area contributed by atoms with E-state index in [1.165, 1.54) is 18.2 Å². The fraction of sp³-hybridized carbons (Fsp3) is 0.200. The molecule has 0 spiro atoms. The van der Waals surface area contributed by atoms with E-state index in [4.69, 9.17) is 6.42 Å². The first-order valence-corrected chi connectivity index (χ1v) is 3.93. The lowest BCUT2D eigenvalue weighted by atomic mass is 10.1. The van der Waals surface area contributed by atoms with Gasteiger partial charge in [-0.3, -0.25) is 0 Å². The predicted molar refractivity (Wildman–Crippen MR) is 46.9 cm³/mol. The first-order valence-electron chi connectivity index (χ1n) is 3.93. The van der Waals surface area contributed by atoms with E-state index in [1.807, 2.05) is 5.92 Å². The van der Waals surface area contributed by atoms with Crippen LogP contribution in [0.4, 0.5) is 13.2 Å². The third-order valence-corrected chi connectivity index (χ3v) is 1.60. The molecular weight excluding hydrogens is 209 g/mol. The third kappa shape index (κ3) is 3.18. The molecule has 0 radical (unpaired) electrons. The summed E-state index contributed by atoms with van der Waals surface area (Å²) in [6.07, 6.45) is -1.31. The maximum absolute atomic E-state index is 11.9. The van der Waals surface area contributed by atoms with Crippen molar-refractivity contribution < 1.29 is 23.0 Å². The molecule has 1 aromatic carbocycles. The summed E-state index contributed by atoms with van der Waals surface area (Å²) in [6, 6.07) is 5.17. The van der Waals surface area contributed by atoms with Crippen LogP contribution in [0.15, 0.2) is 24.3 Å². The SMILES string of the molecule is C#CC(O)c1ccccc1OC(F)(F)F. The monoisotopic (exact) mass is 216 g/mol. The van der Waals surface area contributed by atoms with E-state index in [0.717, 1.165) is 6.07 Å². The Bertz CT molecular complexity index is 379. The minimum atomic E-state index is -4.80. The Morgan fingerprint density at radius 1 is 1.33 bits per heavy atom. The molecule has 0 amide bonds. The largest absolute Gasteiger partial charge is 0.573 e. The number of hydrogen-bond acceptors (Lipinski definition) is 2. The number of alkyl halides is 3. The summed E-state index contributed by atoms with van der Waals surface area (Å²) in [7, 11) is 0. The lowest BCUT2D eigenvalue weighted by Gasteiger charge is -2.13. The standard InChI is InChI=1S/C10H7F3O2/c1-2-8(14)7-5-3-4-6-9(7)15-10(11,12)13/h1,3-6,8,14H. The van der Waals surface area contributed by atoms with Gasteiger partial charge in [-0.1, -0.05) is 24.1 Å². The molecule has 0 aliphatic rings. The van der Waals surface area contributed by atoms with E-state index in [-0.39, 0.29) is 5.56 Å². The van der Waals surface area contributed by atoms with Crippen LogP contribution in [0, 0.1) is 12.3 Å². The van der Waals surface area contributed by atoms with E-state index in [9.17, 15) is 18.3 Å². The van der Waals surface area contributed by atoms with Crippen LogP contribution in [-0.4, -0.2) is 11.5 Å². The van der Waals surface area contributed by atoms with Gasteiger partial charge in [0.2, 0.25) is 0 Å². The third-order valence-electron chi connectivity index (χ3n) is 1.60. The van der Waals surface area contributed by atoms with E-state index >= 15 is 0 Å². The summed E-state index contributed by atoms with van der Waals surface area (Å²) >= 11 is 0. The normalized spacial score (nSPS) is 13.0. The van der Waals surface area contributed by atoms with Gasteiger partial charge in [-0.25, -0.2) is 0 Å². The molecule has 0 fully saturated rings. The fourth-order valence-electron chi connectivity index (χ4n) is 1.01. The topological polar surface area (TPSA) is 29.5 Å². The second-order valence-corrected chi connectivity index (χ2v) is 2.65. The van der Waals surface area contributed by atoms with Gasteiger partial charge in [0.25, 0.3) is 0 Å². The summed E-state index contributed by atoms with van der Waals surface area (Å²) in [6.45, 7) is 0. The zero-order valence-electron chi connectivity index (χ0n) is 7.45. The van der Waals surface area contributed by atoms with Crippen LogP contribution < -0.4 is 4.74 Å². The summed E-state index contributed by atoms with van der Waals surface area (Å²) in [5, 5.41) is 9.22. The molecule has 1 atom stereocenters. The summed E-state index contributed by atoms with van der Waals surface area (Å²) in [5.74, 6) is 1.43. The number of rotatable bonds is 2. The van der Waals surface area contributed by atoms with E-state index in [0.29, 0.717) is 0 Å². The van der Waals surface area contributed by atoms with E-state index in [2.05, 4.69) is 4.74 Å². The lowest BCUT2D eigenvalue weighted by Crippen LogP contribution is -2.18. The quantitative estimate of drug-likeness (QED) is 0.768. The van der Waals surface area contributed by atoms with Crippen molar-refractivity contribution in [2.45, 2.75) is 12.5 Å². The molecule has 2 nitrogen and oxygen atoms in total. The van der Waals surface area contributed by atoms with E-state index in [1.54, 1.807) is 0 Å². The highest BCUT2D eigenvalue weighted by molar-refractivity contribution is 5.38. The van der Waals surface area contributed by atoms with Crippen molar-refractivity contribution in [2.24, 2.45) is 0 Å². The number of aliphatic hydroxyl groups excluding tert-OH is 1. The van der Waals surface area contributed by atoms with Gasteiger partial charge in [-0.2, -0.15) is 0 Å². The molecule has 5 heteroatoms. The van der Waals surface area contributed by atoms with Crippen molar-refractivity contribution in [3.63, 3.8) is 0 Å². The molecule has 0 aliphatic carbocycles. The molecule has 0 saturated heterocycles. The van der Waals surface area contributed by atoms with Crippen LogP contribution in [0.1, 0.15) is 11.7 Å². The molecule has 0 aromatic heterocycles. The molecule has 0 aliphatic heterocycles. The first-order chi connectivity index (χ1) is 6.94. The van der Waals surface area contributed by atoms with Gasteiger partial charge in [-0.05, 0) is 6.07 Å². The number of para-hydroxylation sites is 1. The number of halogens is 3. The predicted octanol–water partition coefficient (Wildman–Crippen LogP) is 2.25. The summed E-state index contributed by atoms with van der Waals surface area (Å²) in [4.78, 5) is 0. The van der Waals surface area contributed by atoms with Crippen molar-refractivity contribution in [2.75, 3.05) is 0 Å². The zero-order chi connectivity index (χ0) is 11.5. The Morgan fingerprint density at radius 3 is 2.47 bits per heavy atom. The first kappa shape index (κ1) is 11.4. The molecule has 1 unspecified atom stereocenters. The van der Waals surface area contributed by atoms with Crippen LogP contribution in [0.2, 0.25) is 0 Å². The van der Waals surface area contributed by atoms with Crippen LogP contribution in [0.25, 0.3) is 0 Å². The Labute approximate surface area is 84.3 Å².